The molecule has 0 radical (unpaired) electrons. The maximum atomic E-state index is 13.6. The molecule has 2 aliphatic rings. The highest BCUT2D eigenvalue weighted by Gasteiger charge is 2.34. The van der Waals surface area contributed by atoms with Crippen LogP contribution in [0.25, 0.3) is 0 Å². The van der Waals surface area contributed by atoms with Crippen molar-refractivity contribution in [3.8, 4) is 17.2 Å². The van der Waals surface area contributed by atoms with Crippen LogP contribution in [0.5, 0.6) is 17.2 Å². The van der Waals surface area contributed by atoms with E-state index in [0.29, 0.717) is 35.2 Å². The molecule has 5 amide bonds. The number of amides is 5. The van der Waals surface area contributed by atoms with Crippen molar-refractivity contribution in [3.63, 3.8) is 0 Å². The van der Waals surface area contributed by atoms with Crippen LogP contribution in [-0.2, 0) is 0 Å². The second kappa shape index (κ2) is 12.3. The van der Waals surface area contributed by atoms with E-state index in [4.69, 9.17) is 14.2 Å². The highest BCUT2D eigenvalue weighted by molar-refractivity contribution is 5.99. The van der Waals surface area contributed by atoms with Crippen molar-refractivity contribution in [3.05, 3.63) is 42.0 Å². The number of anilines is 2. The monoisotopic (exact) mass is 555 g/mol. The van der Waals surface area contributed by atoms with Crippen molar-refractivity contribution in [2.24, 2.45) is 5.92 Å². The Bertz CT molecular complexity index is 1250. The third-order valence-electron chi connectivity index (χ3n) is 6.77. The van der Waals surface area contributed by atoms with Gasteiger partial charge in [0.25, 0.3) is 5.91 Å². The number of aliphatic hydroxyl groups excluding tert-OH is 1. The molecule has 2 aromatic rings. The summed E-state index contributed by atoms with van der Waals surface area (Å²) in [6.07, 6.45) is -0.476. The van der Waals surface area contributed by atoms with E-state index >= 15 is 0 Å². The molecule has 40 heavy (non-hydrogen) atoms. The van der Waals surface area contributed by atoms with Gasteiger partial charge in [-0.25, -0.2) is 9.59 Å². The number of carbonyl (C=O) groups is 3. The number of rotatable bonds is 7. The maximum Gasteiger partial charge on any atom is 0.321 e. The number of urea groups is 2. The van der Waals surface area contributed by atoms with E-state index in [9.17, 15) is 19.5 Å². The number of aliphatic hydroxyl groups is 1. The number of ether oxygens (including phenoxy) is 3. The number of carbonyl (C=O) groups excluding carboxylic acids is 3. The van der Waals surface area contributed by atoms with Crippen molar-refractivity contribution < 1.29 is 33.7 Å². The molecule has 0 fully saturated rings. The van der Waals surface area contributed by atoms with Gasteiger partial charge >= 0.3 is 12.1 Å². The molecule has 4 rings (SSSR count). The first kappa shape index (κ1) is 28.8. The molecule has 0 saturated heterocycles. The summed E-state index contributed by atoms with van der Waals surface area (Å²) in [7, 11) is 1.66. The number of fused-ring (bicyclic) bond motifs is 2. The number of likely N-dealkylation sites (N-methyl/N-ethyl adjacent to an activating group) is 1. The van der Waals surface area contributed by atoms with Crippen molar-refractivity contribution in [1.29, 1.82) is 0 Å². The molecule has 2 aliphatic heterocycles. The van der Waals surface area contributed by atoms with E-state index in [1.54, 1.807) is 55.3 Å². The van der Waals surface area contributed by atoms with E-state index in [1.165, 1.54) is 4.90 Å². The topological polar surface area (TPSA) is 142 Å². The van der Waals surface area contributed by atoms with Gasteiger partial charge in [0, 0.05) is 43.0 Å². The largest absolute Gasteiger partial charge is 0.487 e. The Balaban J connectivity index is 1.54. The number of nitrogens with zero attached hydrogens (tertiary/aromatic N) is 2. The molecule has 2 heterocycles. The second-order valence-corrected chi connectivity index (χ2v) is 10.5. The molecule has 0 saturated carbocycles. The summed E-state index contributed by atoms with van der Waals surface area (Å²) in [6.45, 7) is 7.85. The molecule has 4 N–H and O–H groups in total. The molecule has 0 bridgehead atoms. The van der Waals surface area contributed by atoms with Crippen LogP contribution in [0.1, 0.15) is 38.1 Å². The highest BCUT2D eigenvalue weighted by atomic mass is 16.7. The van der Waals surface area contributed by atoms with Gasteiger partial charge in [0.1, 0.15) is 11.9 Å². The SMILES string of the molecule is CC(C)NC(=O)Nc1ccc2c(c1)C(=O)N([C@H](C)CO)C[C@H](C)[C@@H](CN(C)C(=O)Nc1ccc3c(c1)OCO3)O2. The summed E-state index contributed by atoms with van der Waals surface area (Å²) in [5, 5.41) is 18.2. The zero-order chi connectivity index (χ0) is 29.0. The molecule has 12 nitrogen and oxygen atoms in total. The first-order valence-corrected chi connectivity index (χ1v) is 13.3. The standard InChI is InChI=1S/C28H37N5O7/c1-16(2)29-27(36)30-19-6-8-22-21(10-19)26(35)33(18(4)14-34)12-17(3)25(40-22)13-32(5)28(37)31-20-7-9-23-24(11-20)39-15-38-23/h6-11,16-18,25,34H,12-15H2,1-5H3,(H,31,37)(H2,29,30,36)/t17-,18+,25+/m0/s1. The number of nitrogens with one attached hydrogen (secondary N) is 3. The van der Waals surface area contributed by atoms with Crippen molar-refractivity contribution >= 4 is 29.3 Å². The molecule has 12 heteroatoms. The summed E-state index contributed by atoms with van der Waals surface area (Å²) in [5.41, 5.74) is 1.25. The number of hydrogen-bond donors (Lipinski definition) is 4. The van der Waals surface area contributed by atoms with Gasteiger partial charge in [0.15, 0.2) is 11.5 Å². The lowest BCUT2D eigenvalue weighted by Gasteiger charge is -2.38. The van der Waals surface area contributed by atoms with Gasteiger partial charge < -0.3 is 45.1 Å². The Morgan fingerprint density at radius 2 is 1.73 bits per heavy atom. The molecule has 0 spiro atoms. The summed E-state index contributed by atoms with van der Waals surface area (Å²) in [4.78, 5) is 42.0. The second-order valence-electron chi connectivity index (χ2n) is 10.5. The van der Waals surface area contributed by atoms with Gasteiger partial charge in [-0.15, -0.1) is 0 Å². The minimum Gasteiger partial charge on any atom is -0.487 e. The summed E-state index contributed by atoms with van der Waals surface area (Å²) >= 11 is 0. The molecular weight excluding hydrogens is 518 g/mol. The van der Waals surface area contributed by atoms with Gasteiger partial charge in [-0.05, 0) is 51.1 Å². The fourth-order valence-electron chi connectivity index (χ4n) is 4.49. The zero-order valence-electron chi connectivity index (χ0n) is 23.4. The lowest BCUT2D eigenvalue weighted by molar-refractivity contribution is 0.0371. The average Bonchev–Trinajstić information content (AvgIpc) is 3.38. The molecule has 216 valence electrons. The lowest BCUT2D eigenvalue weighted by atomic mass is 9.99. The van der Waals surface area contributed by atoms with Crippen LogP contribution in [0.4, 0.5) is 21.0 Å². The first-order chi connectivity index (χ1) is 19.0. The van der Waals surface area contributed by atoms with Crippen LogP contribution < -0.4 is 30.2 Å². The minimum atomic E-state index is -0.476. The number of hydrogen-bond acceptors (Lipinski definition) is 7. The van der Waals surface area contributed by atoms with Crippen molar-refractivity contribution in [2.75, 3.05) is 44.2 Å². The average molecular weight is 556 g/mol. The molecule has 0 aliphatic carbocycles. The van der Waals surface area contributed by atoms with E-state index in [1.807, 2.05) is 20.8 Å². The minimum absolute atomic E-state index is 0.0586. The van der Waals surface area contributed by atoms with Crippen LogP contribution in [0.15, 0.2) is 36.4 Å². The molecular formula is C28H37N5O7. The van der Waals surface area contributed by atoms with Crippen molar-refractivity contribution in [1.82, 2.24) is 15.1 Å². The van der Waals surface area contributed by atoms with Crippen LogP contribution >= 0.6 is 0 Å². The summed E-state index contributed by atoms with van der Waals surface area (Å²) < 4.78 is 17.0. The summed E-state index contributed by atoms with van der Waals surface area (Å²) in [5.74, 6) is 1.02. The third-order valence-corrected chi connectivity index (χ3v) is 6.77. The first-order valence-electron chi connectivity index (χ1n) is 13.3. The lowest BCUT2D eigenvalue weighted by Crippen LogP contribution is -2.50. The smallest absolute Gasteiger partial charge is 0.321 e. The van der Waals surface area contributed by atoms with E-state index in [0.717, 1.165) is 0 Å². The normalized spacial score (nSPS) is 18.7. The van der Waals surface area contributed by atoms with E-state index in [-0.39, 0.29) is 49.4 Å². The van der Waals surface area contributed by atoms with Gasteiger partial charge in [-0.2, -0.15) is 0 Å². The van der Waals surface area contributed by atoms with Gasteiger partial charge in [0.05, 0.1) is 24.8 Å². The van der Waals surface area contributed by atoms with Crippen LogP contribution in [0.2, 0.25) is 0 Å². The van der Waals surface area contributed by atoms with Crippen LogP contribution in [0, 0.1) is 5.92 Å². The third kappa shape index (κ3) is 6.68. The predicted molar refractivity (Wildman–Crippen MR) is 149 cm³/mol. The van der Waals surface area contributed by atoms with Crippen LogP contribution in [-0.4, -0.2) is 84.6 Å². The van der Waals surface area contributed by atoms with Gasteiger partial charge in [-0.1, -0.05) is 6.92 Å². The van der Waals surface area contributed by atoms with Gasteiger partial charge in [0.2, 0.25) is 6.79 Å². The Morgan fingerprint density at radius 1 is 1.05 bits per heavy atom. The fraction of sp³-hybridized carbons (Fsp3) is 0.464. The van der Waals surface area contributed by atoms with Gasteiger partial charge in [-0.3, -0.25) is 4.79 Å². The zero-order valence-corrected chi connectivity index (χ0v) is 23.4. The fourth-order valence-corrected chi connectivity index (χ4v) is 4.49. The molecule has 0 unspecified atom stereocenters. The summed E-state index contributed by atoms with van der Waals surface area (Å²) in [6, 6.07) is 8.79. The van der Waals surface area contributed by atoms with E-state index in [2.05, 4.69) is 16.0 Å². The number of benzene rings is 2. The highest BCUT2D eigenvalue weighted by Crippen LogP contribution is 2.34. The van der Waals surface area contributed by atoms with E-state index < -0.39 is 18.2 Å². The molecule has 3 atom stereocenters. The van der Waals surface area contributed by atoms with Crippen molar-refractivity contribution in [2.45, 2.75) is 45.9 Å². The predicted octanol–water partition coefficient (Wildman–Crippen LogP) is 3.33. The Kier molecular flexibility index (Phi) is 8.88. The van der Waals surface area contributed by atoms with Crippen LogP contribution in [0.3, 0.4) is 0 Å². The molecule has 0 aromatic heterocycles. The Labute approximate surface area is 233 Å². The maximum absolute atomic E-state index is 13.6. The quantitative estimate of drug-likeness (QED) is 0.411. The Hall–Kier alpha value is -4.19. The molecule has 2 aromatic carbocycles. The Morgan fingerprint density at radius 3 is 2.42 bits per heavy atom.